The van der Waals surface area contributed by atoms with Gasteiger partial charge in [0, 0.05) is 24.4 Å². The lowest BCUT2D eigenvalue weighted by molar-refractivity contribution is -0.116. The number of benzene rings is 1. The number of fused-ring (bicyclic) bond motifs is 1. The molecule has 1 aromatic rings. The van der Waals surface area contributed by atoms with Gasteiger partial charge in [0.2, 0.25) is 15.9 Å². The van der Waals surface area contributed by atoms with E-state index < -0.39 is 10.0 Å². The molecule has 0 aliphatic carbocycles. The number of nitrogens with one attached hydrogen (secondary N) is 1. The molecule has 1 N–H and O–H groups in total. The average molecular weight is 298 g/mol. The lowest BCUT2D eigenvalue weighted by Crippen LogP contribution is -2.28. The maximum absolute atomic E-state index is 12.4. The number of thioether (sulfide) groups is 1. The van der Waals surface area contributed by atoms with Gasteiger partial charge in [-0.3, -0.25) is 4.79 Å². The van der Waals surface area contributed by atoms with Crippen LogP contribution in [-0.4, -0.2) is 36.8 Å². The van der Waals surface area contributed by atoms with Gasteiger partial charge in [0.25, 0.3) is 0 Å². The second kappa shape index (κ2) is 4.81. The molecule has 1 amide bonds. The maximum Gasteiger partial charge on any atom is 0.243 e. The molecule has 0 atom stereocenters. The number of nitrogens with zero attached hydrogens (tertiary/aromatic N) is 1. The molecular weight excluding hydrogens is 284 g/mol. The molecule has 5 nitrogen and oxygen atoms in total. The van der Waals surface area contributed by atoms with E-state index in [0.717, 1.165) is 17.0 Å². The van der Waals surface area contributed by atoms with E-state index in [-0.39, 0.29) is 5.91 Å². The molecule has 1 fully saturated rings. The zero-order valence-corrected chi connectivity index (χ0v) is 11.9. The van der Waals surface area contributed by atoms with Gasteiger partial charge in [0.05, 0.1) is 10.8 Å². The minimum absolute atomic E-state index is 0.0148. The van der Waals surface area contributed by atoms with Crippen LogP contribution in [-0.2, 0) is 21.2 Å². The van der Waals surface area contributed by atoms with Crippen LogP contribution in [0.25, 0.3) is 0 Å². The first-order valence-electron chi connectivity index (χ1n) is 6.08. The Morgan fingerprint density at radius 3 is 2.84 bits per heavy atom. The van der Waals surface area contributed by atoms with E-state index in [1.807, 2.05) is 0 Å². The largest absolute Gasteiger partial charge is 0.326 e. The minimum Gasteiger partial charge on any atom is -0.326 e. The van der Waals surface area contributed by atoms with E-state index in [9.17, 15) is 13.2 Å². The van der Waals surface area contributed by atoms with Crippen molar-refractivity contribution in [3.05, 3.63) is 23.8 Å². The number of carbonyl (C=O) groups is 1. The van der Waals surface area contributed by atoms with Crippen LogP contribution in [0.15, 0.2) is 23.1 Å². The van der Waals surface area contributed by atoms with Crippen LogP contribution >= 0.6 is 11.8 Å². The van der Waals surface area contributed by atoms with Crippen molar-refractivity contribution in [1.82, 2.24) is 4.31 Å². The number of aryl methyl sites for hydroxylation is 1. The first kappa shape index (κ1) is 13.0. The molecule has 0 unspecified atom stereocenters. The van der Waals surface area contributed by atoms with E-state index in [2.05, 4.69) is 5.32 Å². The maximum atomic E-state index is 12.4. The monoisotopic (exact) mass is 298 g/mol. The van der Waals surface area contributed by atoms with Crippen molar-refractivity contribution in [2.75, 3.05) is 23.5 Å². The molecule has 2 aliphatic rings. The highest BCUT2D eigenvalue weighted by Gasteiger charge is 2.28. The second-order valence-electron chi connectivity index (χ2n) is 4.58. The Balaban J connectivity index is 1.96. The van der Waals surface area contributed by atoms with Gasteiger partial charge in [0.15, 0.2) is 0 Å². The molecule has 0 saturated carbocycles. The van der Waals surface area contributed by atoms with Gasteiger partial charge in [-0.15, -0.1) is 11.8 Å². The lowest BCUT2D eigenvalue weighted by Gasteiger charge is -2.19. The van der Waals surface area contributed by atoms with Crippen LogP contribution in [0.3, 0.4) is 0 Å². The van der Waals surface area contributed by atoms with Crippen LogP contribution in [0, 0.1) is 0 Å². The number of rotatable bonds is 2. The summed E-state index contributed by atoms with van der Waals surface area (Å²) in [7, 11) is -3.39. The standard InChI is InChI=1S/C12H14N2O3S2/c15-12-4-1-9-7-10(2-3-11(9)13-12)19(16,17)14-5-6-18-8-14/h2-3,7H,1,4-6,8H2,(H,13,15). The fraction of sp³-hybridized carbons (Fsp3) is 0.417. The van der Waals surface area contributed by atoms with Crippen LogP contribution in [0.5, 0.6) is 0 Å². The Hall–Kier alpha value is -1.05. The van der Waals surface area contributed by atoms with Gasteiger partial charge in [-0.2, -0.15) is 4.31 Å². The quantitative estimate of drug-likeness (QED) is 0.893. The Morgan fingerprint density at radius 2 is 2.11 bits per heavy atom. The molecule has 3 rings (SSSR count). The van der Waals surface area contributed by atoms with E-state index in [4.69, 9.17) is 0 Å². The second-order valence-corrected chi connectivity index (χ2v) is 7.60. The molecule has 102 valence electrons. The summed E-state index contributed by atoms with van der Waals surface area (Å²) >= 11 is 1.62. The van der Waals surface area contributed by atoms with E-state index in [0.29, 0.717) is 30.2 Å². The van der Waals surface area contributed by atoms with Crippen molar-refractivity contribution >= 4 is 33.4 Å². The van der Waals surface area contributed by atoms with Gasteiger partial charge < -0.3 is 5.32 Å². The van der Waals surface area contributed by atoms with E-state index in [1.54, 1.807) is 30.0 Å². The highest BCUT2D eigenvalue weighted by atomic mass is 32.2. The molecule has 2 heterocycles. The first-order valence-corrected chi connectivity index (χ1v) is 8.67. The van der Waals surface area contributed by atoms with Crippen molar-refractivity contribution in [3.63, 3.8) is 0 Å². The van der Waals surface area contributed by atoms with Crippen molar-refractivity contribution in [3.8, 4) is 0 Å². The number of hydrogen-bond acceptors (Lipinski definition) is 4. The molecule has 7 heteroatoms. The highest BCUT2D eigenvalue weighted by molar-refractivity contribution is 8.00. The van der Waals surface area contributed by atoms with Gasteiger partial charge >= 0.3 is 0 Å². The minimum atomic E-state index is -3.39. The third-order valence-corrected chi connectivity index (χ3v) is 6.30. The normalized spacial score (nSPS) is 20.1. The molecule has 0 aromatic heterocycles. The van der Waals surface area contributed by atoms with E-state index in [1.165, 1.54) is 4.31 Å². The molecule has 2 aliphatic heterocycles. The fourth-order valence-corrected chi connectivity index (χ4v) is 5.12. The van der Waals surface area contributed by atoms with Crippen molar-refractivity contribution in [1.29, 1.82) is 0 Å². The SMILES string of the molecule is O=C1CCc2cc(S(=O)(=O)N3CCSC3)ccc2N1. The van der Waals surface area contributed by atoms with Crippen LogP contribution in [0.1, 0.15) is 12.0 Å². The molecule has 0 spiro atoms. The number of hydrogen-bond donors (Lipinski definition) is 1. The third kappa shape index (κ3) is 2.37. The number of carbonyl (C=O) groups excluding carboxylic acids is 1. The summed E-state index contributed by atoms with van der Waals surface area (Å²) in [4.78, 5) is 11.6. The van der Waals surface area contributed by atoms with Gasteiger partial charge in [-0.25, -0.2) is 8.42 Å². The van der Waals surface area contributed by atoms with Crippen molar-refractivity contribution in [2.24, 2.45) is 0 Å². The molecule has 19 heavy (non-hydrogen) atoms. The average Bonchev–Trinajstić information content (AvgIpc) is 2.92. The number of anilines is 1. The zero-order chi connectivity index (χ0) is 13.5. The molecule has 1 aromatic carbocycles. The number of amides is 1. The molecule has 0 radical (unpaired) electrons. The van der Waals surface area contributed by atoms with Crippen molar-refractivity contribution in [2.45, 2.75) is 17.7 Å². The molecule has 0 bridgehead atoms. The smallest absolute Gasteiger partial charge is 0.243 e. The van der Waals surface area contributed by atoms with E-state index >= 15 is 0 Å². The summed E-state index contributed by atoms with van der Waals surface area (Å²) in [6, 6.07) is 4.94. The summed E-state index contributed by atoms with van der Waals surface area (Å²) in [6.07, 6.45) is 1.01. The lowest BCUT2D eigenvalue weighted by atomic mass is 10.0. The summed E-state index contributed by atoms with van der Waals surface area (Å²) in [6.45, 7) is 0.570. The van der Waals surface area contributed by atoms with Gasteiger partial charge in [0.1, 0.15) is 0 Å². The molecular formula is C12H14N2O3S2. The van der Waals surface area contributed by atoms with Crippen LogP contribution in [0.4, 0.5) is 5.69 Å². The van der Waals surface area contributed by atoms with Crippen LogP contribution in [0.2, 0.25) is 0 Å². The third-order valence-electron chi connectivity index (χ3n) is 3.33. The molecule has 1 saturated heterocycles. The summed E-state index contributed by atoms with van der Waals surface area (Å²) < 4.78 is 26.3. The summed E-state index contributed by atoms with van der Waals surface area (Å²) in [5.74, 6) is 1.36. The van der Waals surface area contributed by atoms with Gasteiger partial charge in [-0.05, 0) is 30.2 Å². The summed E-state index contributed by atoms with van der Waals surface area (Å²) in [5.41, 5.74) is 1.62. The topological polar surface area (TPSA) is 66.5 Å². The predicted octanol–water partition coefficient (Wildman–Crippen LogP) is 1.27. The Bertz CT molecular complexity index is 622. The highest BCUT2D eigenvalue weighted by Crippen LogP contribution is 2.28. The fourth-order valence-electron chi connectivity index (χ4n) is 2.26. The number of sulfonamides is 1. The Morgan fingerprint density at radius 1 is 1.26 bits per heavy atom. The van der Waals surface area contributed by atoms with Crippen LogP contribution < -0.4 is 5.32 Å². The summed E-state index contributed by atoms with van der Waals surface area (Å²) in [5, 5.41) is 2.76. The Kier molecular flexibility index (Phi) is 3.28. The zero-order valence-electron chi connectivity index (χ0n) is 10.3. The van der Waals surface area contributed by atoms with Crippen molar-refractivity contribution < 1.29 is 13.2 Å². The Labute approximate surface area is 116 Å². The predicted molar refractivity (Wildman–Crippen MR) is 74.6 cm³/mol. The van der Waals surface area contributed by atoms with Gasteiger partial charge in [-0.1, -0.05) is 0 Å². The first-order chi connectivity index (χ1) is 9.07.